The van der Waals surface area contributed by atoms with Gasteiger partial charge in [-0.05, 0) is 36.6 Å². The van der Waals surface area contributed by atoms with Crippen LogP contribution in [0.5, 0.6) is 11.5 Å². The molecule has 0 unspecified atom stereocenters. The van der Waals surface area contributed by atoms with Gasteiger partial charge in [0.25, 0.3) is 5.91 Å². The third-order valence-electron chi connectivity index (χ3n) is 6.16. The molecule has 0 saturated heterocycles. The molecular formula is C25H28N4O5. The number of aryl methyl sites for hydroxylation is 1. The van der Waals surface area contributed by atoms with Crippen LogP contribution >= 0.6 is 0 Å². The lowest BCUT2D eigenvalue weighted by Gasteiger charge is -2.24. The minimum Gasteiger partial charge on any atom is -0.454 e. The van der Waals surface area contributed by atoms with Gasteiger partial charge in [0.05, 0.1) is 10.9 Å². The molecule has 3 heterocycles. The van der Waals surface area contributed by atoms with Gasteiger partial charge in [0, 0.05) is 37.7 Å². The monoisotopic (exact) mass is 464 g/mol. The second kappa shape index (κ2) is 9.94. The molecule has 9 nitrogen and oxygen atoms in total. The van der Waals surface area contributed by atoms with Gasteiger partial charge in [-0.25, -0.2) is 0 Å². The van der Waals surface area contributed by atoms with E-state index in [1.54, 1.807) is 24.5 Å². The maximum absolute atomic E-state index is 13.3. The van der Waals surface area contributed by atoms with Gasteiger partial charge in [0.2, 0.25) is 18.1 Å². The summed E-state index contributed by atoms with van der Waals surface area (Å²) in [6.45, 7) is 6.70. The van der Waals surface area contributed by atoms with Gasteiger partial charge in [0.1, 0.15) is 11.6 Å². The van der Waals surface area contributed by atoms with Gasteiger partial charge in [0.15, 0.2) is 11.5 Å². The van der Waals surface area contributed by atoms with Gasteiger partial charge in [-0.1, -0.05) is 20.3 Å². The van der Waals surface area contributed by atoms with Crippen molar-refractivity contribution < 1.29 is 19.1 Å². The Morgan fingerprint density at radius 2 is 1.85 bits per heavy atom. The number of aromatic nitrogens is 2. The highest BCUT2D eigenvalue weighted by Crippen LogP contribution is 2.35. The van der Waals surface area contributed by atoms with Crippen LogP contribution in [-0.4, -0.2) is 34.2 Å². The smallest absolute Gasteiger partial charge is 0.257 e. The minimum absolute atomic E-state index is 0.0246. The number of fused-ring (bicyclic) bond motifs is 2. The first-order valence-corrected chi connectivity index (χ1v) is 11.4. The van der Waals surface area contributed by atoms with Crippen LogP contribution in [0.15, 0.2) is 47.7 Å². The molecule has 34 heavy (non-hydrogen) atoms. The van der Waals surface area contributed by atoms with Crippen LogP contribution < -0.4 is 25.5 Å². The predicted molar refractivity (Wildman–Crippen MR) is 127 cm³/mol. The molecule has 1 aliphatic heterocycles. The van der Waals surface area contributed by atoms with Crippen molar-refractivity contribution in [1.82, 2.24) is 20.2 Å². The average Bonchev–Trinajstić information content (AvgIpc) is 3.33. The fourth-order valence-corrected chi connectivity index (χ4v) is 3.92. The Morgan fingerprint density at radius 3 is 2.53 bits per heavy atom. The Kier molecular flexibility index (Phi) is 6.81. The van der Waals surface area contributed by atoms with E-state index in [1.807, 2.05) is 37.5 Å². The molecule has 1 aromatic carbocycles. The third-order valence-corrected chi connectivity index (χ3v) is 6.16. The molecule has 0 saturated carbocycles. The maximum atomic E-state index is 13.3. The number of nitrogens with one attached hydrogen (secondary N) is 2. The molecule has 0 radical (unpaired) electrons. The topological polar surface area (TPSA) is 112 Å². The third kappa shape index (κ3) is 4.59. The zero-order valence-electron chi connectivity index (χ0n) is 19.5. The lowest BCUT2D eigenvalue weighted by molar-refractivity contribution is -0.124. The summed E-state index contributed by atoms with van der Waals surface area (Å²) in [6.07, 6.45) is 5.51. The molecule has 9 heteroatoms. The van der Waals surface area contributed by atoms with Gasteiger partial charge in [-0.15, -0.1) is 0 Å². The van der Waals surface area contributed by atoms with E-state index in [4.69, 9.17) is 9.47 Å². The molecule has 0 aliphatic carbocycles. The van der Waals surface area contributed by atoms with Gasteiger partial charge >= 0.3 is 0 Å². The molecule has 2 N–H and O–H groups in total. The van der Waals surface area contributed by atoms with Crippen molar-refractivity contribution in [2.45, 2.75) is 46.3 Å². The molecular weight excluding hydrogens is 436 g/mol. The molecule has 0 spiro atoms. The lowest BCUT2D eigenvalue weighted by Crippen LogP contribution is -2.50. The number of hydrogen-bond donors (Lipinski definition) is 2. The molecule has 2 aromatic heterocycles. The van der Waals surface area contributed by atoms with Crippen LogP contribution in [0.3, 0.4) is 0 Å². The number of pyridine rings is 2. The summed E-state index contributed by atoms with van der Waals surface area (Å²) in [5.41, 5.74) is 1.11. The first-order chi connectivity index (χ1) is 16.4. The Balaban J connectivity index is 1.61. The number of hydrogen-bond acceptors (Lipinski definition) is 6. The highest BCUT2D eigenvalue weighted by molar-refractivity contribution is 6.00. The van der Waals surface area contributed by atoms with Crippen LogP contribution in [0.2, 0.25) is 0 Å². The van der Waals surface area contributed by atoms with E-state index in [0.717, 1.165) is 5.56 Å². The second-order valence-electron chi connectivity index (χ2n) is 8.29. The van der Waals surface area contributed by atoms with Crippen LogP contribution in [0.4, 0.5) is 0 Å². The number of rotatable bonds is 8. The minimum atomic E-state index is -0.790. The van der Waals surface area contributed by atoms with E-state index >= 15 is 0 Å². The van der Waals surface area contributed by atoms with Gasteiger partial charge < -0.3 is 24.7 Å². The van der Waals surface area contributed by atoms with Crippen molar-refractivity contribution in [3.8, 4) is 11.5 Å². The fraction of sp³-hybridized carbons (Fsp3) is 0.360. The first kappa shape index (κ1) is 23.3. The van der Waals surface area contributed by atoms with E-state index < -0.39 is 17.4 Å². The summed E-state index contributed by atoms with van der Waals surface area (Å²) < 4.78 is 12.7. The molecule has 0 fully saturated rings. The maximum Gasteiger partial charge on any atom is 0.257 e. The highest BCUT2D eigenvalue weighted by Gasteiger charge is 2.28. The average molecular weight is 465 g/mol. The molecule has 1 aliphatic rings. The summed E-state index contributed by atoms with van der Waals surface area (Å²) in [7, 11) is 0. The summed E-state index contributed by atoms with van der Waals surface area (Å²) in [5.74, 6) is 0.00599. The predicted octanol–water partition coefficient (Wildman–Crippen LogP) is 2.61. The molecule has 2 atom stereocenters. The van der Waals surface area contributed by atoms with Crippen molar-refractivity contribution in [1.29, 1.82) is 0 Å². The van der Waals surface area contributed by atoms with E-state index in [1.165, 1.54) is 6.20 Å². The number of nitrogens with zero attached hydrogens (tertiary/aromatic N) is 2. The van der Waals surface area contributed by atoms with E-state index in [-0.39, 0.29) is 24.2 Å². The van der Waals surface area contributed by atoms with Crippen molar-refractivity contribution in [3.05, 3.63) is 64.2 Å². The Labute approximate surface area is 197 Å². The Hall–Kier alpha value is -3.88. The molecule has 178 valence electrons. The molecule has 0 bridgehead atoms. The quantitative estimate of drug-likeness (QED) is 0.530. The zero-order chi connectivity index (χ0) is 24.2. The second-order valence-corrected chi connectivity index (χ2v) is 8.29. The number of benzene rings is 1. The van der Waals surface area contributed by atoms with Crippen molar-refractivity contribution in [2.24, 2.45) is 5.92 Å². The molecule has 4 rings (SSSR count). The van der Waals surface area contributed by atoms with Crippen LogP contribution in [0.25, 0.3) is 10.9 Å². The first-order valence-electron chi connectivity index (χ1n) is 11.4. The van der Waals surface area contributed by atoms with Crippen molar-refractivity contribution >= 4 is 22.7 Å². The van der Waals surface area contributed by atoms with Gasteiger partial charge in [-0.3, -0.25) is 19.4 Å². The highest BCUT2D eigenvalue weighted by atomic mass is 16.7. The summed E-state index contributed by atoms with van der Waals surface area (Å²) >= 11 is 0. The number of carbonyl (C=O) groups is 2. The Morgan fingerprint density at radius 1 is 1.15 bits per heavy atom. The molecule has 2 amide bonds. The van der Waals surface area contributed by atoms with Crippen molar-refractivity contribution in [3.63, 3.8) is 0 Å². The standard InChI is InChI=1S/C25H28N4O5/c1-4-15(3)22(25(32)27-12-16-6-8-26-9-7-16)28-24(31)18-13-29(5-2)19-11-21-20(33-14-34-21)10-17(19)23(18)30/h6-11,13,15,22H,4-5,12,14H2,1-3H3,(H,27,32)(H,28,31)/t15-,22+/m1/s1. The molecule has 3 aromatic rings. The lowest BCUT2D eigenvalue weighted by atomic mass is 9.97. The van der Waals surface area contributed by atoms with Crippen LogP contribution in [0.1, 0.15) is 43.1 Å². The van der Waals surface area contributed by atoms with Gasteiger partial charge in [-0.2, -0.15) is 0 Å². The normalized spacial score (nSPS) is 14.0. The van der Waals surface area contributed by atoms with E-state index in [2.05, 4.69) is 15.6 Å². The summed E-state index contributed by atoms with van der Waals surface area (Å²) in [4.78, 5) is 43.5. The Bertz CT molecular complexity index is 1270. The zero-order valence-corrected chi connectivity index (χ0v) is 19.5. The van der Waals surface area contributed by atoms with Crippen LogP contribution in [-0.2, 0) is 17.9 Å². The van der Waals surface area contributed by atoms with E-state index in [9.17, 15) is 14.4 Å². The number of amides is 2. The SMILES string of the molecule is CC[C@@H](C)[C@H](NC(=O)c1cn(CC)c2cc3c(cc2c1=O)OCO3)C(=O)NCc1ccncc1. The largest absolute Gasteiger partial charge is 0.454 e. The van der Waals surface area contributed by atoms with Crippen molar-refractivity contribution in [2.75, 3.05) is 6.79 Å². The summed E-state index contributed by atoms with van der Waals surface area (Å²) in [5, 5.41) is 6.03. The fourth-order valence-electron chi connectivity index (χ4n) is 3.92. The van der Waals surface area contributed by atoms with E-state index in [0.29, 0.717) is 41.9 Å². The number of carbonyl (C=O) groups excluding carboxylic acids is 2. The number of ether oxygens (including phenoxy) is 2. The summed E-state index contributed by atoms with van der Waals surface area (Å²) in [6, 6.07) is 6.19. The van der Waals surface area contributed by atoms with Crippen LogP contribution in [0, 0.1) is 5.92 Å².